The van der Waals surface area contributed by atoms with Crippen LogP contribution in [-0.4, -0.2) is 79.8 Å². The number of hydrogen-bond acceptors (Lipinski definition) is 11. The van der Waals surface area contributed by atoms with Crippen molar-refractivity contribution in [2.45, 2.75) is 62.4 Å². The summed E-state index contributed by atoms with van der Waals surface area (Å²) in [6.45, 7) is 4.40. The van der Waals surface area contributed by atoms with Gasteiger partial charge in [-0.3, -0.25) is 0 Å². The number of ether oxygens (including phenoxy) is 5. The Morgan fingerprint density at radius 3 is 1.91 bits per heavy atom. The van der Waals surface area contributed by atoms with Gasteiger partial charge in [-0.05, 0) is 0 Å². The molecule has 186 valence electrons. The summed E-state index contributed by atoms with van der Waals surface area (Å²) in [6.07, 6.45) is -4.50. The van der Waals surface area contributed by atoms with Gasteiger partial charge in [-0.2, -0.15) is 0 Å². The SMILES string of the molecule is CC(=O)OC[C@H]1O[C@@H]([Se]Cc2ccc([N+](=O)[O-])cc2)[C@H](OC(C)=O)[C@@H](OC(C)=O)[C@H]1OC(C)=O. The standard InChI is InChI=1S/C21H25NO11Se/c1-11(23)29-9-17-18(30-12(2)24)19(31-13(3)25)20(32-14(4)26)21(33-17)34-10-15-5-7-16(8-6-15)22(27)28/h5-8,17-21H,9-10H2,1-4H3/t17-,18+,19+,20-,21+/m1/s1. The summed E-state index contributed by atoms with van der Waals surface area (Å²) >= 11 is -0.440. The van der Waals surface area contributed by atoms with Crippen molar-refractivity contribution in [3.8, 4) is 0 Å². The van der Waals surface area contributed by atoms with Gasteiger partial charge >= 0.3 is 201 Å². The molecule has 0 aliphatic carbocycles. The van der Waals surface area contributed by atoms with Crippen LogP contribution in [0.4, 0.5) is 5.69 Å². The molecular weight excluding hydrogens is 521 g/mol. The van der Waals surface area contributed by atoms with Crippen LogP contribution < -0.4 is 0 Å². The maximum atomic E-state index is 11.8. The summed E-state index contributed by atoms with van der Waals surface area (Å²) in [6, 6.07) is 5.95. The Hall–Kier alpha value is -3.02. The van der Waals surface area contributed by atoms with Crippen LogP contribution in [0.5, 0.6) is 0 Å². The van der Waals surface area contributed by atoms with Crippen molar-refractivity contribution in [2.75, 3.05) is 6.61 Å². The summed E-state index contributed by atoms with van der Waals surface area (Å²) in [7, 11) is 0. The number of rotatable bonds is 9. The molecule has 0 amide bonds. The number of nitro groups is 1. The quantitative estimate of drug-likeness (QED) is 0.142. The van der Waals surface area contributed by atoms with Gasteiger partial charge < -0.3 is 0 Å². The summed E-state index contributed by atoms with van der Waals surface area (Å²) in [5.74, 6) is -2.66. The minimum absolute atomic E-state index is 0.0523. The third-order valence-electron chi connectivity index (χ3n) is 4.51. The van der Waals surface area contributed by atoms with E-state index < -0.39 is 73.2 Å². The second-order valence-electron chi connectivity index (χ2n) is 7.30. The van der Waals surface area contributed by atoms with E-state index in [1.807, 2.05) is 0 Å². The number of hydrogen-bond donors (Lipinski definition) is 0. The van der Waals surface area contributed by atoms with Gasteiger partial charge in [0.05, 0.1) is 0 Å². The molecule has 0 unspecified atom stereocenters. The third-order valence-corrected chi connectivity index (χ3v) is 7.04. The minimum atomic E-state index is -1.21. The molecule has 0 saturated carbocycles. The van der Waals surface area contributed by atoms with Crippen LogP contribution >= 0.6 is 0 Å². The average molecular weight is 546 g/mol. The van der Waals surface area contributed by atoms with Gasteiger partial charge in [-0.1, -0.05) is 0 Å². The molecule has 1 saturated heterocycles. The van der Waals surface area contributed by atoms with E-state index in [-0.39, 0.29) is 12.3 Å². The number of benzene rings is 1. The molecule has 0 spiro atoms. The van der Waals surface area contributed by atoms with E-state index >= 15 is 0 Å². The molecule has 1 fully saturated rings. The van der Waals surface area contributed by atoms with Crippen LogP contribution in [0.1, 0.15) is 33.3 Å². The number of carbonyl (C=O) groups excluding carboxylic acids is 4. The molecule has 13 heteroatoms. The first-order valence-electron chi connectivity index (χ1n) is 10.1. The fraction of sp³-hybridized carbons (Fsp3) is 0.524. The second kappa shape index (κ2) is 12.4. The predicted molar refractivity (Wildman–Crippen MR) is 115 cm³/mol. The first kappa shape index (κ1) is 27.2. The summed E-state index contributed by atoms with van der Waals surface area (Å²) in [4.78, 5) is 57.2. The van der Waals surface area contributed by atoms with E-state index in [9.17, 15) is 29.3 Å². The normalized spacial score (nSPS) is 23.9. The van der Waals surface area contributed by atoms with Crippen LogP contribution in [0.3, 0.4) is 0 Å². The molecule has 5 atom stereocenters. The Balaban J connectivity index is 2.34. The van der Waals surface area contributed by atoms with E-state index in [1.165, 1.54) is 26.0 Å². The van der Waals surface area contributed by atoms with Gasteiger partial charge in [0.25, 0.3) is 0 Å². The Bertz CT molecular complexity index is 920. The molecule has 2 rings (SSSR count). The molecule has 1 aliphatic rings. The van der Waals surface area contributed by atoms with E-state index in [0.29, 0.717) is 5.32 Å². The van der Waals surface area contributed by atoms with Gasteiger partial charge in [0, 0.05) is 0 Å². The van der Waals surface area contributed by atoms with Crippen molar-refractivity contribution in [3.05, 3.63) is 39.9 Å². The van der Waals surface area contributed by atoms with Gasteiger partial charge in [0.2, 0.25) is 0 Å². The molecule has 0 bridgehead atoms. The van der Waals surface area contributed by atoms with E-state index in [1.54, 1.807) is 12.1 Å². The predicted octanol–water partition coefficient (Wildman–Crippen LogP) is 0.882. The summed E-state index contributed by atoms with van der Waals surface area (Å²) < 4.78 is 27.3. The van der Waals surface area contributed by atoms with Gasteiger partial charge in [0.1, 0.15) is 0 Å². The first-order chi connectivity index (χ1) is 16.0. The molecule has 12 nitrogen and oxygen atoms in total. The molecular formula is C21H25NO11Se. The molecule has 1 heterocycles. The first-order valence-corrected chi connectivity index (χ1v) is 12.3. The van der Waals surface area contributed by atoms with Crippen LogP contribution in [0.15, 0.2) is 24.3 Å². The number of nitro benzene ring substituents is 1. The Labute approximate surface area is 201 Å². The van der Waals surface area contributed by atoms with Crippen LogP contribution in [0, 0.1) is 10.1 Å². The zero-order valence-electron chi connectivity index (χ0n) is 19.0. The van der Waals surface area contributed by atoms with E-state index in [4.69, 9.17) is 23.7 Å². The number of carbonyl (C=O) groups is 4. The van der Waals surface area contributed by atoms with E-state index in [0.717, 1.165) is 19.4 Å². The average Bonchev–Trinajstić information content (AvgIpc) is 2.73. The summed E-state index contributed by atoms with van der Waals surface area (Å²) in [5, 5.41) is 10.5. The molecule has 0 aromatic heterocycles. The maximum absolute atomic E-state index is 11.8. The van der Waals surface area contributed by atoms with Crippen LogP contribution in [-0.2, 0) is 48.2 Å². The summed E-state index contributed by atoms with van der Waals surface area (Å²) in [5.41, 5.74) is 0.724. The second-order valence-corrected chi connectivity index (χ2v) is 9.58. The van der Waals surface area contributed by atoms with Gasteiger partial charge in [0.15, 0.2) is 0 Å². The fourth-order valence-corrected chi connectivity index (χ4v) is 5.67. The van der Waals surface area contributed by atoms with Gasteiger partial charge in [-0.15, -0.1) is 0 Å². The van der Waals surface area contributed by atoms with E-state index in [2.05, 4.69) is 0 Å². The zero-order chi connectivity index (χ0) is 25.4. The van der Waals surface area contributed by atoms with Crippen molar-refractivity contribution in [3.63, 3.8) is 0 Å². The van der Waals surface area contributed by atoms with Crippen molar-refractivity contribution in [1.82, 2.24) is 0 Å². The molecule has 0 N–H and O–H groups in total. The third kappa shape index (κ3) is 8.08. The molecule has 1 aliphatic heterocycles. The molecule has 34 heavy (non-hydrogen) atoms. The Morgan fingerprint density at radius 1 is 0.882 bits per heavy atom. The number of nitrogens with zero attached hydrogens (tertiary/aromatic N) is 1. The Kier molecular flexibility index (Phi) is 9.96. The molecule has 1 aromatic carbocycles. The van der Waals surface area contributed by atoms with Crippen LogP contribution in [0.25, 0.3) is 0 Å². The molecule has 0 radical (unpaired) electrons. The zero-order valence-corrected chi connectivity index (χ0v) is 20.7. The molecule has 1 aromatic rings. The van der Waals surface area contributed by atoms with Crippen molar-refractivity contribution < 1.29 is 47.8 Å². The van der Waals surface area contributed by atoms with Crippen LogP contribution in [0.2, 0.25) is 0 Å². The van der Waals surface area contributed by atoms with Crippen molar-refractivity contribution in [1.29, 1.82) is 0 Å². The Morgan fingerprint density at radius 2 is 1.41 bits per heavy atom. The van der Waals surface area contributed by atoms with Gasteiger partial charge in [-0.25, -0.2) is 0 Å². The number of non-ortho nitro benzene ring substituents is 1. The monoisotopic (exact) mass is 547 g/mol. The van der Waals surface area contributed by atoms with Crippen molar-refractivity contribution in [2.24, 2.45) is 0 Å². The number of esters is 4. The van der Waals surface area contributed by atoms with Crippen molar-refractivity contribution >= 4 is 44.5 Å². The fourth-order valence-electron chi connectivity index (χ4n) is 3.22. The topological polar surface area (TPSA) is 158 Å².